The Kier molecular flexibility index (Phi) is 6.16. The summed E-state index contributed by atoms with van der Waals surface area (Å²) in [6.45, 7) is 5.60. The van der Waals surface area contributed by atoms with Crippen LogP contribution < -0.4 is 4.74 Å². The van der Waals surface area contributed by atoms with Crippen molar-refractivity contribution in [2.24, 2.45) is 17.8 Å². The van der Waals surface area contributed by atoms with Crippen LogP contribution in [0.1, 0.15) is 70.8 Å². The molecule has 3 aliphatic rings. The van der Waals surface area contributed by atoms with Crippen LogP contribution in [0.4, 0.5) is 0 Å². The highest BCUT2D eigenvalue weighted by atomic mass is 16.5. The first kappa shape index (κ1) is 21.8. The fourth-order valence-electron chi connectivity index (χ4n) is 6.50. The average Bonchev–Trinajstić information content (AvgIpc) is 3.00. The number of rotatable bonds is 6. The lowest BCUT2D eigenvalue weighted by atomic mass is 9.80. The van der Waals surface area contributed by atoms with Gasteiger partial charge in [-0.1, -0.05) is 38.1 Å². The van der Waals surface area contributed by atoms with Crippen molar-refractivity contribution in [3.8, 4) is 5.75 Å². The van der Waals surface area contributed by atoms with Crippen LogP contribution >= 0.6 is 0 Å². The lowest BCUT2D eigenvalue weighted by Crippen LogP contribution is -2.44. The van der Waals surface area contributed by atoms with Gasteiger partial charge in [0.05, 0.1) is 12.0 Å². The molecule has 0 radical (unpaired) electrons. The third-order valence-corrected chi connectivity index (χ3v) is 8.46. The van der Waals surface area contributed by atoms with Gasteiger partial charge in [0.2, 0.25) is 0 Å². The van der Waals surface area contributed by atoms with Gasteiger partial charge >= 0.3 is 5.97 Å². The molecule has 2 unspecified atom stereocenters. The molecule has 0 aromatic heterocycles. The van der Waals surface area contributed by atoms with E-state index in [1.807, 2.05) is 0 Å². The van der Waals surface area contributed by atoms with Crippen LogP contribution in [-0.2, 0) is 11.3 Å². The number of carbonyl (C=O) groups is 1. The topological polar surface area (TPSA) is 49.8 Å². The molecular formula is C28H37NO3. The van der Waals surface area contributed by atoms with Crippen molar-refractivity contribution >= 4 is 16.7 Å². The zero-order valence-corrected chi connectivity index (χ0v) is 19.5. The summed E-state index contributed by atoms with van der Waals surface area (Å²) in [4.78, 5) is 14.0. The fraction of sp³-hybridized carbons (Fsp3) is 0.607. The third kappa shape index (κ3) is 4.39. The second-order valence-corrected chi connectivity index (χ2v) is 10.8. The van der Waals surface area contributed by atoms with E-state index in [1.54, 1.807) is 0 Å². The second-order valence-electron chi connectivity index (χ2n) is 10.8. The summed E-state index contributed by atoms with van der Waals surface area (Å²) < 4.78 is 6.50. The molecule has 172 valence electrons. The normalized spacial score (nSPS) is 30.7. The van der Waals surface area contributed by atoms with Gasteiger partial charge in [0.1, 0.15) is 5.75 Å². The molecule has 3 fully saturated rings. The SMILES string of the molecule is CC(C)[C@H]1CC[C@H](Oc2cccc3cc(CN4C5CCC4CC(C(=O)O)C5)ccc23)CC1. The van der Waals surface area contributed by atoms with Crippen LogP contribution in [0.2, 0.25) is 0 Å². The molecule has 0 spiro atoms. The van der Waals surface area contributed by atoms with E-state index in [9.17, 15) is 9.90 Å². The Morgan fingerprint density at radius 2 is 1.75 bits per heavy atom. The molecule has 32 heavy (non-hydrogen) atoms. The van der Waals surface area contributed by atoms with Crippen molar-refractivity contribution in [2.75, 3.05) is 0 Å². The van der Waals surface area contributed by atoms with Gasteiger partial charge in [0, 0.05) is 24.0 Å². The van der Waals surface area contributed by atoms with Gasteiger partial charge in [-0.2, -0.15) is 0 Å². The number of ether oxygens (including phenoxy) is 1. The minimum absolute atomic E-state index is 0.157. The van der Waals surface area contributed by atoms with Crippen molar-refractivity contribution in [2.45, 2.75) is 89.9 Å². The summed E-state index contributed by atoms with van der Waals surface area (Å²) in [5, 5.41) is 11.9. The van der Waals surface area contributed by atoms with E-state index in [0.29, 0.717) is 18.2 Å². The number of benzene rings is 2. The Balaban J connectivity index is 1.27. The summed E-state index contributed by atoms with van der Waals surface area (Å²) in [6.07, 6.45) is 9.08. The maximum absolute atomic E-state index is 11.5. The van der Waals surface area contributed by atoms with Crippen molar-refractivity contribution < 1.29 is 14.6 Å². The largest absolute Gasteiger partial charge is 0.490 e. The zero-order valence-electron chi connectivity index (χ0n) is 19.5. The minimum Gasteiger partial charge on any atom is -0.490 e. The van der Waals surface area contributed by atoms with Gasteiger partial charge in [-0.25, -0.2) is 0 Å². The molecule has 2 bridgehead atoms. The molecule has 0 amide bonds. The molecule has 1 saturated carbocycles. The minimum atomic E-state index is -0.613. The monoisotopic (exact) mass is 435 g/mol. The van der Waals surface area contributed by atoms with E-state index in [-0.39, 0.29) is 5.92 Å². The standard InChI is InChI=1S/C28H37NO3/c1-18(2)20-7-11-25(12-8-20)32-27-5-3-4-21-14-19(6-13-26(21)27)17-29-23-9-10-24(29)16-22(15-23)28(30)31/h3-6,13-14,18,20,22-25H,7-12,15-17H2,1-2H3,(H,30,31)/t20-,22?,23?,24?,25-. The molecule has 2 heterocycles. The zero-order chi connectivity index (χ0) is 22.2. The summed E-state index contributed by atoms with van der Waals surface area (Å²) in [6, 6.07) is 14.0. The molecule has 2 aliphatic heterocycles. The van der Waals surface area contributed by atoms with Crippen molar-refractivity contribution in [3.05, 3.63) is 42.0 Å². The van der Waals surface area contributed by atoms with Gasteiger partial charge in [-0.05, 0) is 86.3 Å². The first-order valence-corrected chi connectivity index (χ1v) is 12.6. The molecule has 1 N–H and O–H groups in total. The number of fused-ring (bicyclic) bond motifs is 3. The summed E-state index contributed by atoms with van der Waals surface area (Å²) in [5.41, 5.74) is 1.32. The van der Waals surface area contributed by atoms with Gasteiger partial charge in [0.15, 0.2) is 0 Å². The number of carboxylic acid groups (broad SMARTS) is 1. The first-order chi connectivity index (χ1) is 15.5. The predicted octanol–water partition coefficient (Wildman–Crippen LogP) is 6.26. The average molecular weight is 436 g/mol. The third-order valence-electron chi connectivity index (χ3n) is 8.46. The van der Waals surface area contributed by atoms with Crippen molar-refractivity contribution in [1.29, 1.82) is 0 Å². The van der Waals surface area contributed by atoms with Crippen LogP contribution in [0.3, 0.4) is 0 Å². The van der Waals surface area contributed by atoms with Crippen LogP contribution in [0.25, 0.3) is 10.8 Å². The number of nitrogens with zero attached hydrogens (tertiary/aromatic N) is 1. The van der Waals surface area contributed by atoms with Gasteiger partial charge in [-0.15, -0.1) is 0 Å². The van der Waals surface area contributed by atoms with E-state index >= 15 is 0 Å². The van der Waals surface area contributed by atoms with Crippen LogP contribution in [-0.4, -0.2) is 34.2 Å². The molecule has 2 atom stereocenters. The highest BCUT2D eigenvalue weighted by Gasteiger charge is 2.42. The fourth-order valence-corrected chi connectivity index (χ4v) is 6.50. The van der Waals surface area contributed by atoms with E-state index < -0.39 is 5.97 Å². The molecule has 4 nitrogen and oxygen atoms in total. The van der Waals surface area contributed by atoms with E-state index in [1.165, 1.54) is 29.2 Å². The summed E-state index contributed by atoms with van der Waals surface area (Å²) in [7, 11) is 0. The Bertz CT molecular complexity index is 948. The lowest BCUT2D eigenvalue weighted by molar-refractivity contribution is -0.144. The number of carboxylic acids is 1. The first-order valence-electron chi connectivity index (χ1n) is 12.6. The molecule has 2 aromatic carbocycles. The molecular weight excluding hydrogens is 398 g/mol. The number of hydrogen-bond acceptors (Lipinski definition) is 3. The molecule has 5 rings (SSSR count). The maximum Gasteiger partial charge on any atom is 0.306 e. The Morgan fingerprint density at radius 1 is 1.03 bits per heavy atom. The Labute approximate surface area is 191 Å². The number of piperidine rings is 1. The lowest BCUT2D eigenvalue weighted by Gasteiger charge is -2.37. The quantitative estimate of drug-likeness (QED) is 0.582. The predicted molar refractivity (Wildman–Crippen MR) is 128 cm³/mol. The van der Waals surface area contributed by atoms with Crippen LogP contribution in [0, 0.1) is 17.8 Å². The number of hydrogen-bond donors (Lipinski definition) is 1. The van der Waals surface area contributed by atoms with E-state index in [4.69, 9.17) is 4.74 Å². The molecule has 2 saturated heterocycles. The van der Waals surface area contributed by atoms with Crippen molar-refractivity contribution in [3.63, 3.8) is 0 Å². The maximum atomic E-state index is 11.5. The van der Waals surface area contributed by atoms with E-state index in [2.05, 4.69) is 55.1 Å². The summed E-state index contributed by atoms with van der Waals surface area (Å²) in [5.74, 6) is 1.87. The highest BCUT2D eigenvalue weighted by Crippen LogP contribution is 2.40. The second kappa shape index (κ2) is 9.05. The molecule has 1 aliphatic carbocycles. The van der Waals surface area contributed by atoms with Crippen LogP contribution in [0.5, 0.6) is 5.75 Å². The van der Waals surface area contributed by atoms with Crippen LogP contribution in [0.15, 0.2) is 36.4 Å². The van der Waals surface area contributed by atoms with Gasteiger partial charge in [-0.3, -0.25) is 9.69 Å². The number of aliphatic carboxylic acids is 1. The van der Waals surface area contributed by atoms with E-state index in [0.717, 1.165) is 62.7 Å². The van der Waals surface area contributed by atoms with Gasteiger partial charge < -0.3 is 9.84 Å². The smallest absolute Gasteiger partial charge is 0.306 e. The highest BCUT2D eigenvalue weighted by molar-refractivity contribution is 5.88. The Hall–Kier alpha value is -2.07. The Morgan fingerprint density at radius 3 is 2.41 bits per heavy atom. The summed E-state index contributed by atoms with van der Waals surface area (Å²) >= 11 is 0. The molecule has 2 aromatic rings. The molecule has 4 heteroatoms. The van der Waals surface area contributed by atoms with Crippen molar-refractivity contribution in [1.82, 2.24) is 4.90 Å². The van der Waals surface area contributed by atoms with Gasteiger partial charge in [0.25, 0.3) is 0 Å².